The maximum atomic E-state index is 12.4. The summed E-state index contributed by atoms with van der Waals surface area (Å²) in [7, 11) is 3.23. The number of methoxy groups -OCH3 is 2. The van der Waals surface area contributed by atoms with Crippen LogP contribution < -0.4 is 20.1 Å². The van der Waals surface area contributed by atoms with Gasteiger partial charge in [-0.05, 0) is 55.2 Å². The Morgan fingerprint density at radius 1 is 1.03 bits per heavy atom. The number of piperidine rings is 1. The van der Waals surface area contributed by atoms with Crippen molar-refractivity contribution in [3.63, 3.8) is 0 Å². The number of amides is 3. The van der Waals surface area contributed by atoms with Crippen LogP contribution in [-0.4, -0.2) is 50.2 Å². The van der Waals surface area contributed by atoms with Crippen LogP contribution in [0, 0.1) is 0 Å². The van der Waals surface area contributed by atoms with Crippen LogP contribution in [0.4, 0.5) is 10.5 Å². The van der Waals surface area contributed by atoms with Crippen molar-refractivity contribution in [2.24, 2.45) is 0 Å². The lowest BCUT2D eigenvalue weighted by Crippen LogP contribution is -2.47. The highest BCUT2D eigenvalue weighted by molar-refractivity contribution is 5.89. The van der Waals surface area contributed by atoms with Crippen molar-refractivity contribution in [1.29, 1.82) is 0 Å². The summed E-state index contributed by atoms with van der Waals surface area (Å²) in [6.07, 6.45) is 2.44. The summed E-state index contributed by atoms with van der Waals surface area (Å²) in [5.74, 6) is 1.50. The van der Waals surface area contributed by atoms with Gasteiger partial charge in [0, 0.05) is 31.2 Å². The molecule has 1 aliphatic heterocycles. The molecule has 0 saturated carbocycles. The van der Waals surface area contributed by atoms with E-state index in [1.165, 1.54) is 0 Å². The second-order valence-electron chi connectivity index (χ2n) is 7.30. The zero-order chi connectivity index (χ0) is 21.3. The van der Waals surface area contributed by atoms with Crippen molar-refractivity contribution in [3.8, 4) is 11.5 Å². The highest BCUT2D eigenvalue weighted by Gasteiger charge is 2.24. The number of carbonyl (C=O) groups excluding carboxylic acids is 2. The summed E-state index contributed by atoms with van der Waals surface area (Å²) >= 11 is 0. The van der Waals surface area contributed by atoms with Gasteiger partial charge in [-0.1, -0.05) is 18.2 Å². The van der Waals surface area contributed by atoms with Crippen molar-refractivity contribution >= 4 is 17.6 Å². The summed E-state index contributed by atoms with van der Waals surface area (Å²) in [5, 5.41) is 6.00. The standard InChI is InChI=1S/C23H29N3O4/c1-29-20-9-10-21(30-2)17(16-20)8-11-22(27)24-19-12-14-26(15-13-19)23(28)25-18-6-4-3-5-7-18/h3-7,9-10,16,19H,8,11-15H2,1-2H3,(H,24,27)(H,25,28). The van der Waals surface area contributed by atoms with Gasteiger partial charge >= 0.3 is 6.03 Å². The van der Waals surface area contributed by atoms with Gasteiger partial charge in [0.15, 0.2) is 0 Å². The molecule has 0 spiro atoms. The van der Waals surface area contributed by atoms with Crippen molar-refractivity contribution < 1.29 is 19.1 Å². The van der Waals surface area contributed by atoms with E-state index in [1.807, 2.05) is 48.5 Å². The first-order chi connectivity index (χ1) is 14.6. The number of urea groups is 1. The molecule has 0 bridgehead atoms. The van der Waals surface area contributed by atoms with Crippen molar-refractivity contribution in [1.82, 2.24) is 10.2 Å². The Balaban J connectivity index is 1.43. The highest BCUT2D eigenvalue weighted by atomic mass is 16.5. The Hall–Kier alpha value is -3.22. The van der Waals surface area contributed by atoms with Gasteiger partial charge in [-0.25, -0.2) is 4.79 Å². The summed E-state index contributed by atoms with van der Waals surface area (Å²) in [6, 6.07) is 15.0. The summed E-state index contributed by atoms with van der Waals surface area (Å²) < 4.78 is 10.6. The first-order valence-corrected chi connectivity index (χ1v) is 10.2. The summed E-state index contributed by atoms with van der Waals surface area (Å²) in [5.41, 5.74) is 1.73. The van der Waals surface area contributed by atoms with Crippen LogP contribution in [0.25, 0.3) is 0 Å². The third-order valence-corrected chi connectivity index (χ3v) is 5.28. The third-order valence-electron chi connectivity index (χ3n) is 5.28. The van der Waals surface area contributed by atoms with E-state index in [9.17, 15) is 9.59 Å². The predicted molar refractivity (Wildman–Crippen MR) is 116 cm³/mol. The monoisotopic (exact) mass is 411 g/mol. The molecule has 7 heteroatoms. The first kappa shape index (κ1) is 21.5. The van der Waals surface area contributed by atoms with Crippen LogP contribution in [0.3, 0.4) is 0 Å². The van der Waals surface area contributed by atoms with E-state index in [0.29, 0.717) is 25.9 Å². The normalized spacial score (nSPS) is 14.1. The van der Waals surface area contributed by atoms with E-state index in [1.54, 1.807) is 19.1 Å². The largest absolute Gasteiger partial charge is 0.497 e. The lowest BCUT2D eigenvalue weighted by molar-refractivity contribution is -0.122. The fourth-order valence-corrected chi connectivity index (χ4v) is 3.58. The molecule has 2 aromatic rings. The van der Waals surface area contributed by atoms with E-state index in [4.69, 9.17) is 9.47 Å². The van der Waals surface area contributed by atoms with Crippen LogP contribution in [-0.2, 0) is 11.2 Å². The fourth-order valence-electron chi connectivity index (χ4n) is 3.58. The van der Waals surface area contributed by atoms with Crippen LogP contribution in [0.5, 0.6) is 11.5 Å². The number of nitrogens with one attached hydrogen (secondary N) is 2. The Bertz CT molecular complexity index is 849. The molecule has 0 radical (unpaired) electrons. The molecule has 1 aliphatic rings. The second kappa shape index (κ2) is 10.5. The number of benzene rings is 2. The topological polar surface area (TPSA) is 79.9 Å². The molecule has 30 heavy (non-hydrogen) atoms. The minimum Gasteiger partial charge on any atom is -0.497 e. The number of hydrogen-bond donors (Lipinski definition) is 2. The molecule has 1 saturated heterocycles. The molecule has 2 N–H and O–H groups in total. The zero-order valence-electron chi connectivity index (χ0n) is 17.5. The molecule has 160 valence electrons. The van der Waals surface area contributed by atoms with Crippen LogP contribution >= 0.6 is 0 Å². The van der Waals surface area contributed by atoms with E-state index < -0.39 is 0 Å². The molecular formula is C23H29N3O4. The SMILES string of the molecule is COc1ccc(OC)c(CCC(=O)NC2CCN(C(=O)Nc3ccccc3)CC2)c1. The summed E-state index contributed by atoms with van der Waals surface area (Å²) in [4.78, 5) is 26.6. The highest BCUT2D eigenvalue weighted by Crippen LogP contribution is 2.25. The number of rotatable bonds is 7. The van der Waals surface area contributed by atoms with Crippen LogP contribution in [0.2, 0.25) is 0 Å². The molecular weight excluding hydrogens is 382 g/mol. The van der Waals surface area contributed by atoms with Gasteiger partial charge in [0.2, 0.25) is 5.91 Å². The molecule has 1 heterocycles. The van der Waals surface area contributed by atoms with Gasteiger partial charge in [0.25, 0.3) is 0 Å². The first-order valence-electron chi connectivity index (χ1n) is 10.2. The quantitative estimate of drug-likeness (QED) is 0.731. The average molecular weight is 412 g/mol. The molecule has 3 amide bonds. The lowest BCUT2D eigenvalue weighted by Gasteiger charge is -2.32. The molecule has 0 aromatic heterocycles. The number of aryl methyl sites for hydroxylation is 1. The predicted octanol–water partition coefficient (Wildman–Crippen LogP) is 3.45. The van der Waals surface area contributed by atoms with Crippen molar-refractivity contribution in [2.75, 3.05) is 32.6 Å². The number of hydrogen-bond acceptors (Lipinski definition) is 4. The Labute approximate surface area is 177 Å². The van der Waals surface area contributed by atoms with E-state index in [0.717, 1.165) is 35.6 Å². The number of likely N-dealkylation sites (tertiary alicyclic amines) is 1. The van der Waals surface area contributed by atoms with Crippen molar-refractivity contribution in [2.45, 2.75) is 31.7 Å². The van der Waals surface area contributed by atoms with Crippen LogP contribution in [0.15, 0.2) is 48.5 Å². The van der Waals surface area contributed by atoms with E-state index >= 15 is 0 Å². The molecule has 0 unspecified atom stereocenters. The molecule has 2 aromatic carbocycles. The summed E-state index contributed by atoms with van der Waals surface area (Å²) in [6.45, 7) is 1.24. The Morgan fingerprint density at radius 2 is 1.77 bits per heavy atom. The molecule has 0 atom stereocenters. The number of ether oxygens (including phenoxy) is 2. The maximum absolute atomic E-state index is 12.4. The Kier molecular flexibility index (Phi) is 7.54. The number of nitrogens with zero attached hydrogens (tertiary/aromatic N) is 1. The number of carbonyl (C=O) groups is 2. The second-order valence-corrected chi connectivity index (χ2v) is 7.30. The van der Waals surface area contributed by atoms with Gasteiger partial charge < -0.3 is 25.0 Å². The lowest BCUT2D eigenvalue weighted by atomic mass is 10.0. The third kappa shape index (κ3) is 5.89. The number of para-hydroxylation sites is 1. The average Bonchev–Trinajstić information content (AvgIpc) is 2.78. The zero-order valence-corrected chi connectivity index (χ0v) is 17.5. The van der Waals surface area contributed by atoms with E-state index in [-0.39, 0.29) is 18.0 Å². The van der Waals surface area contributed by atoms with Gasteiger partial charge in [-0.3, -0.25) is 4.79 Å². The van der Waals surface area contributed by atoms with Gasteiger partial charge in [0.05, 0.1) is 14.2 Å². The number of anilines is 1. The molecule has 3 rings (SSSR count). The molecule has 1 fully saturated rings. The van der Waals surface area contributed by atoms with Gasteiger partial charge in [-0.15, -0.1) is 0 Å². The fraction of sp³-hybridized carbons (Fsp3) is 0.391. The minimum atomic E-state index is -0.101. The van der Waals surface area contributed by atoms with Gasteiger partial charge in [-0.2, -0.15) is 0 Å². The minimum absolute atomic E-state index is 0.00654. The van der Waals surface area contributed by atoms with Gasteiger partial charge in [0.1, 0.15) is 11.5 Å². The Morgan fingerprint density at radius 3 is 2.43 bits per heavy atom. The maximum Gasteiger partial charge on any atom is 0.321 e. The molecule has 7 nitrogen and oxygen atoms in total. The smallest absolute Gasteiger partial charge is 0.321 e. The van der Waals surface area contributed by atoms with Crippen LogP contribution in [0.1, 0.15) is 24.8 Å². The van der Waals surface area contributed by atoms with Crippen molar-refractivity contribution in [3.05, 3.63) is 54.1 Å². The van der Waals surface area contributed by atoms with E-state index in [2.05, 4.69) is 10.6 Å². The molecule has 0 aliphatic carbocycles.